The van der Waals surface area contributed by atoms with Crippen LogP contribution < -0.4 is 10.5 Å². The minimum atomic E-state index is -0.928. The van der Waals surface area contributed by atoms with Gasteiger partial charge in [-0.25, -0.2) is 4.79 Å². The second-order valence-corrected chi connectivity index (χ2v) is 6.30. The van der Waals surface area contributed by atoms with Gasteiger partial charge in [0.15, 0.2) is 0 Å². The molecule has 0 amide bonds. The first-order chi connectivity index (χ1) is 10.7. The average molecular weight is 315 g/mol. The zero-order valence-electron chi connectivity index (χ0n) is 12.0. The van der Waals surface area contributed by atoms with Gasteiger partial charge in [0.1, 0.15) is 12.4 Å². The number of benzene rings is 2. The highest BCUT2D eigenvalue weighted by molar-refractivity contribution is 7.99. The van der Waals surface area contributed by atoms with Crippen LogP contribution in [0.3, 0.4) is 0 Å². The SMILES string of the molecule is NCCSC1c2ccccc2COc2ccc(C(=O)O)cc21. The van der Waals surface area contributed by atoms with Crippen LogP contribution in [0.5, 0.6) is 5.75 Å². The van der Waals surface area contributed by atoms with Crippen LogP contribution in [0.2, 0.25) is 0 Å². The predicted octanol–water partition coefficient (Wildman–Crippen LogP) is 3.06. The number of rotatable bonds is 4. The van der Waals surface area contributed by atoms with Gasteiger partial charge in [-0.1, -0.05) is 24.3 Å². The molecule has 3 rings (SSSR count). The molecule has 1 aliphatic heterocycles. The van der Waals surface area contributed by atoms with E-state index in [1.165, 1.54) is 5.56 Å². The third-order valence-electron chi connectivity index (χ3n) is 3.66. The number of aromatic carboxylic acids is 1. The van der Waals surface area contributed by atoms with Gasteiger partial charge in [0.25, 0.3) is 0 Å². The Kier molecular flexibility index (Phi) is 4.36. The smallest absolute Gasteiger partial charge is 0.335 e. The van der Waals surface area contributed by atoms with Gasteiger partial charge in [-0.15, -0.1) is 11.8 Å². The normalized spacial score (nSPS) is 16.1. The maximum atomic E-state index is 11.3. The van der Waals surface area contributed by atoms with E-state index in [4.69, 9.17) is 10.5 Å². The standard InChI is InChI=1S/C17H17NO3S/c18-7-8-22-16-13-4-2-1-3-12(13)10-21-15-6-5-11(17(19)20)9-14(15)16/h1-6,9,16H,7-8,10,18H2,(H,19,20). The molecule has 0 aromatic heterocycles. The second-order valence-electron chi connectivity index (χ2n) is 5.08. The zero-order chi connectivity index (χ0) is 15.5. The first-order valence-corrected chi connectivity index (χ1v) is 8.15. The molecule has 2 aromatic rings. The van der Waals surface area contributed by atoms with Crippen molar-refractivity contribution < 1.29 is 14.6 Å². The van der Waals surface area contributed by atoms with Crippen LogP contribution in [0.4, 0.5) is 0 Å². The summed E-state index contributed by atoms with van der Waals surface area (Å²) in [5.41, 5.74) is 9.14. The van der Waals surface area contributed by atoms with Gasteiger partial charge in [0, 0.05) is 17.9 Å². The summed E-state index contributed by atoms with van der Waals surface area (Å²) in [6.45, 7) is 1.08. The predicted molar refractivity (Wildman–Crippen MR) is 87.5 cm³/mol. The molecule has 0 saturated carbocycles. The summed E-state index contributed by atoms with van der Waals surface area (Å²) in [4.78, 5) is 11.3. The summed E-state index contributed by atoms with van der Waals surface area (Å²) in [6.07, 6.45) is 0. The molecular formula is C17H17NO3S. The van der Waals surface area contributed by atoms with Crippen LogP contribution in [-0.4, -0.2) is 23.4 Å². The molecule has 114 valence electrons. The van der Waals surface area contributed by atoms with E-state index in [0.29, 0.717) is 13.2 Å². The van der Waals surface area contributed by atoms with Gasteiger partial charge in [-0.2, -0.15) is 0 Å². The average Bonchev–Trinajstić information content (AvgIpc) is 2.69. The molecule has 0 bridgehead atoms. The van der Waals surface area contributed by atoms with Crippen LogP contribution >= 0.6 is 11.8 Å². The maximum absolute atomic E-state index is 11.3. The topological polar surface area (TPSA) is 72.5 Å². The molecule has 3 N–H and O–H groups in total. The van der Waals surface area contributed by atoms with Crippen LogP contribution in [0.1, 0.15) is 32.3 Å². The Morgan fingerprint density at radius 2 is 2.09 bits per heavy atom. The number of hydrogen-bond acceptors (Lipinski definition) is 4. The highest BCUT2D eigenvalue weighted by Gasteiger charge is 2.25. The highest BCUT2D eigenvalue weighted by Crippen LogP contribution is 2.44. The van der Waals surface area contributed by atoms with Crippen molar-refractivity contribution in [3.63, 3.8) is 0 Å². The maximum Gasteiger partial charge on any atom is 0.335 e. The first-order valence-electron chi connectivity index (χ1n) is 7.10. The van der Waals surface area contributed by atoms with Gasteiger partial charge >= 0.3 is 5.97 Å². The molecule has 0 radical (unpaired) electrons. The summed E-state index contributed by atoms with van der Waals surface area (Å²) >= 11 is 1.72. The van der Waals surface area contributed by atoms with E-state index < -0.39 is 5.97 Å². The summed E-state index contributed by atoms with van der Waals surface area (Å²) in [5.74, 6) is 0.620. The summed E-state index contributed by atoms with van der Waals surface area (Å²) in [5, 5.41) is 9.29. The van der Waals surface area contributed by atoms with Crippen molar-refractivity contribution in [2.24, 2.45) is 5.73 Å². The minimum Gasteiger partial charge on any atom is -0.489 e. The molecule has 1 unspecified atom stereocenters. The number of hydrogen-bond donors (Lipinski definition) is 2. The summed E-state index contributed by atoms with van der Waals surface area (Å²) in [7, 11) is 0. The third kappa shape index (κ3) is 2.82. The Bertz CT molecular complexity index is 702. The van der Waals surface area contributed by atoms with Crippen molar-refractivity contribution in [2.75, 3.05) is 12.3 Å². The molecule has 1 heterocycles. The molecule has 5 heteroatoms. The van der Waals surface area contributed by atoms with Gasteiger partial charge in [-0.3, -0.25) is 0 Å². The fourth-order valence-corrected chi connectivity index (χ4v) is 3.77. The Morgan fingerprint density at radius 1 is 1.27 bits per heavy atom. The lowest BCUT2D eigenvalue weighted by atomic mass is 9.98. The van der Waals surface area contributed by atoms with Gasteiger partial charge in [0.2, 0.25) is 0 Å². The lowest BCUT2D eigenvalue weighted by molar-refractivity contribution is 0.0696. The van der Waals surface area contributed by atoms with Crippen LogP contribution in [0, 0.1) is 0 Å². The Morgan fingerprint density at radius 3 is 2.86 bits per heavy atom. The lowest BCUT2D eigenvalue weighted by Crippen LogP contribution is -2.07. The first kappa shape index (κ1) is 14.9. The second kappa shape index (κ2) is 6.42. The quantitative estimate of drug-likeness (QED) is 0.907. The Balaban J connectivity index is 2.12. The van der Waals surface area contributed by atoms with Crippen LogP contribution in [0.15, 0.2) is 42.5 Å². The molecule has 0 spiro atoms. The highest BCUT2D eigenvalue weighted by atomic mass is 32.2. The molecule has 1 aliphatic rings. The fraction of sp³-hybridized carbons (Fsp3) is 0.235. The Labute approximate surface area is 133 Å². The number of carboxylic acids is 1. The number of thioether (sulfide) groups is 1. The number of ether oxygens (including phenoxy) is 1. The van der Waals surface area contributed by atoms with Gasteiger partial charge in [0.05, 0.1) is 10.8 Å². The van der Waals surface area contributed by atoms with E-state index in [0.717, 1.165) is 22.6 Å². The minimum absolute atomic E-state index is 0.0385. The molecule has 4 nitrogen and oxygen atoms in total. The van der Waals surface area contributed by atoms with Crippen molar-refractivity contribution in [3.8, 4) is 5.75 Å². The van der Waals surface area contributed by atoms with Gasteiger partial charge < -0.3 is 15.6 Å². The summed E-state index contributed by atoms with van der Waals surface area (Å²) < 4.78 is 5.88. The van der Waals surface area contributed by atoms with Crippen molar-refractivity contribution >= 4 is 17.7 Å². The van der Waals surface area contributed by atoms with E-state index in [-0.39, 0.29) is 10.8 Å². The largest absolute Gasteiger partial charge is 0.489 e. The van der Waals surface area contributed by atoms with E-state index in [1.807, 2.05) is 12.1 Å². The number of carboxylic acid groups (broad SMARTS) is 1. The number of fused-ring (bicyclic) bond motifs is 2. The molecular weight excluding hydrogens is 298 g/mol. The molecule has 0 saturated heterocycles. The fourth-order valence-electron chi connectivity index (χ4n) is 2.63. The van der Waals surface area contributed by atoms with E-state index in [2.05, 4.69) is 12.1 Å². The van der Waals surface area contributed by atoms with E-state index in [1.54, 1.807) is 30.0 Å². The number of nitrogens with two attached hydrogens (primary N) is 1. The van der Waals surface area contributed by atoms with Crippen LogP contribution in [0.25, 0.3) is 0 Å². The molecule has 1 atom stereocenters. The summed E-state index contributed by atoms with van der Waals surface area (Å²) in [6, 6.07) is 13.2. The van der Waals surface area contributed by atoms with Crippen LogP contribution in [-0.2, 0) is 6.61 Å². The zero-order valence-corrected chi connectivity index (χ0v) is 12.8. The van der Waals surface area contributed by atoms with Crippen molar-refractivity contribution in [2.45, 2.75) is 11.9 Å². The molecule has 0 fully saturated rings. The third-order valence-corrected chi connectivity index (χ3v) is 4.97. The van der Waals surface area contributed by atoms with E-state index in [9.17, 15) is 9.90 Å². The van der Waals surface area contributed by atoms with E-state index >= 15 is 0 Å². The number of carbonyl (C=O) groups is 1. The molecule has 22 heavy (non-hydrogen) atoms. The molecule has 2 aromatic carbocycles. The van der Waals surface area contributed by atoms with Crippen molar-refractivity contribution in [1.29, 1.82) is 0 Å². The lowest BCUT2D eigenvalue weighted by Gasteiger charge is -2.18. The van der Waals surface area contributed by atoms with Gasteiger partial charge in [-0.05, 0) is 29.3 Å². The van der Waals surface area contributed by atoms with Crippen molar-refractivity contribution in [3.05, 3.63) is 64.7 Å². The van der Waals surface area contributed by atoms with Crippen molar-refractivity contribution in [1.82, 2.24) is 0 Å². The monoisotopic (exact) mass is 315 g/mol. The molecule has 0 aliphatic carbocycles. The Hall–Kier alpha value is -1.98.